The van der Waals surface area contributed by atoms with Gasteiger partial charge in [0, 0.05) is 6.42 Å². The molecule has 0 spiro atoms. The van der Waals surface area contributed by atoms with Crippen molar-refractivity contribution in [3.8, 4) is 0 Å². The van der Waals surface area contributed by atoms with Crippen molar-refractivity contribution in [2.24, 2.45) is 11.1 Å². The molecule has 1 fully saturated rings. The number of hydrogen-bond acceptors (Lipinski definition) is 5. The van der Waals surface area contributed by atoms with E-state index in [4.69, 9.17) is 10.9 Å². The van der Waals surface area contributed by atoms with Gasteiger partial charge >= 0.3 is 0 Å². The summed E-state index contributed by atoms with van der Waals surface area (Å²) in [5.41, 5.74) is 6.65. The number of amides is 1. The van der Waals surface area contributed by atoms with Crippen LogP contribution in [0.4, 0.5) is 0 Å². The third-order valence-electron chi connectivity index (χ3n) is 2.98. The smallest absolute Gasteiger partial charge is 0.243 e. The summed E-state index contributed by atoms with van der Waals surface area (Å²) in [6.45, 7) is 0.260. The van der Waals surface area contributed by atoms with Crippen LogP contribution in [0.5, 0.6) is 0 Å². The molecule has 1 saturated heterocycles. The number of sulfone groups is 1. The van der Waals surface area contributed by atoms with Crippen molar-refractivity contribution >= 4 is 15.7 Å². The van der Waals surface area contributed by atoms with Gasteiger partial charge in [-0.15, -0.1) is 0 Å². The van der Waals surface area contributed by atoms with E-state index in [1.165, 1.54) is 0 Å². The van der Waals surface area contributed by atoms with Crippen LogP contribution in [0.15, 0.2) is 0 Å². The number of nitrogens with one attached hydrogen (secondary N) is 1. The molecule has 7 heteroatoms. The van der Waals surface area contributed by atoms with Crippen molar-refractivity contribution in [2.45, 2.75) is 19.3 Å². The van der Waals surface area contributed by atoms with Crippen molar-refractivity contribution < 1.29 is 18.4 Å². The van der Waals surface area contributed by atoms with Crippen LogP contribution in [0, 0.1) is 5.41 Å². The molecule has 4 N–H and O–H groups in total. The number of carbonyl (C=O) groups is 1. The molecule has 0 unspecified atom stereocenters. The molecule has 1 rings (SSSR count). The number of carbonyl (C=O) groups excluding carboxylic acids is 1. The Morgan fingerprint density at radius 2 is 1.93 bits per heavy atom. The van der Waals surface area contributed by atoms with Crippen molar-refractivity contribution in [1.29, 1.82) is 0 Å². The van der Waals surface area contributed by atoms with E-state index in [2.05, 4.69) is 0 Å². The van der Waals surface area contributed by atoms with Gasteiger partial charge in [-0.2, -0.15) is 0 Å². The molecule has 0 radical (unpaired) electrons. The number of rotatable bonds is 3. The molecule has 6 nitrogen and oxygen atoms in total. The minimum atomic E-state index is -2.96. The molecular weight excluding hydrogens is 220 g/mol. The monoisotopic (exact) mass is 236 g/mol. The summed E-state index contributed by atoms with van der Waals surface area (Å²) >= 11 is 0. The summed E-state index contributed by atoms with van der Waals surface area (Å²) in [6.07, 6.45) is 0.855. The predicted octanol–water partition coefficient (Wildman–Crippen LogP) is -0.964. The molecule has 0 aromatic rings. The summed E-state index contributed by atoms with van der Waals surface area (Å²) < 4.78 is 22.4. The second-order valence-corrected chi connectivity index (χ2v) is 6.37. The Labute approximate surface area is 88.7 Å². The van der Waals surface area contributed by atoms with E-state index in [0.717, 1.165) is 0 Å². The summed E-state index contributed by atoms with van der Waals surface area (Å²) in [6, 6.07) is 0. The fourth-order valence-corrected chi connectivity index (χ4v) is 3.50. The lowest BCUT2D eigenvalue weighted by molar-refractivity contribution is -0.131. The lowest BCUT2D eigenvalue weighted by Crippen LogP contribution is -2.42. The molecule has 0 saturated carbocycles. The van der Waals surface area contributed by atoms with Gasteiger partial charge in [0.25, 0.3) is 0 Å². The molecule has 88 valence electrons. The third kappa shape index (κ3) is 3.15. The maximum absolute atomic E-state index is 11.2. The van der Waals surface area contributed by atoms with E-state index in [9.17, 15) is 13.2 Å². The van der Waals surface area contributed by atoms with Crippen LogP contribution in [-0.2, 0) is 14.6 Å². The van der Waals surface area contributed by atoms with Crippen LogP contribution in [0.25, 0.3) is 0 Å². The second kappa shape index (κ2) is 4.46. The number of nitrogens with two attached hydrogens (primary N) is 1. The van der Waals surface area contributed by atoms with Crippen molar-refractivity contribution in [1.82, 2.24) is 5.48 Å². The predicted molar refractivity (Wildman–Crippen MR) is 53.9 cm³/mol. The van der Waals surface area contributed by atoms with Gasteiger partial charge in [-0.05, 0) is 24.8 Å². The largest absolute Gasteiger partial charge is 0.330 e. The van der Waals surface area contributed by atoms with E-state index < -0.39 is 21.2 Å². The lowest BCUT2D eigenvalue weighted by atomic mass is 9.79. The summed E-state index contributed by atoms with van der Waals surface area (Å²) in [5, 5.41) is 8.42. The van der Waals surface area contributed by atoms with Gasteiger partial charge in [-0.1, -0.05) is 0 Å². The number of hydroxylamine groups is 1. The normalized spacial score (nSPS) is 23.3. The molecule has 0 aromatic carbocycles. The molecule has 1 aliphatic rings. The SMILES string of the molecule is NCC1(CC(=O)NO)CCS(=O)(=O)CC1. The minimum absolute atomic E-state index is 0.0723. The van der Waals surface area contributed by atoms with E-state index in [0.29, 0.717) is 12.8 Å². The molecule has 0 atom stereocenters. The van der Waals surface area contributed by atoms with E-state index in [1.54, 1.807) is 5.48 Å². The first kappa shape index (κ1) is 12.4. The molecule has 0 bridgehead atoms. The van der Waals surface area contributed by atoms with E-state index in [1.807, 2.05) is 0 Å². The third-order valence-corrected chi connectivity index (χ3v) is 4.63. The van der Waals surface area contributed by atoms with Crippen molar-refractivity contribution in [3.63, 3.8) is 0 Å². The molecular formula is C8H16N2O4S. The maximum Gasteiger partial charge on any atom is 0.243 e. The zero-order valence-corrected chi connectivity index (χ0v) is 9.22. The Kier molecular flexibility index (Phi) is 3.69. The maximum atomic E-state index is 11.2. The molecule has 15 heavy (non-hydrogen) atoms. The first-order valence-corrected chi connectivity index (χ1v) is 6.59. The van der Waals surface area contributed by atoms with Crippen LogP contribution in [-0.4, -0.2) is 37.6 Å². The van der Waals surface area contributed by atoms with Gasteiger partial charge in [0.15, 0.2) is 0 Å². The Bertz CT molecular complexity index is 325. The number of hydrogen-bond donors (Lipinski definition) is 3. The molecule has 1 heterocycles. The molecule has 1 amide bonds. The second-order valence-electron chi connectivity index (χ2n) is 4.07. The zero-order valence-electron chi connectivity index (χ0n) is 8.40. The van der Waals surface area contributed by atoms with Crippen LogP contribution in [0.3, 0.4) is 0 Å². The highest BCUT2D eigenvalue weighted by Crippen LogP contribution is 2.34. The Hall–Kier alpha value is -0.660. The highest BCUT2D eigenvalue weighted by molar-refractivity contribution is 7.91. The molecule has 0 aliphatic carbocycles. The lowest BCUT2D eigenvalue weighted by Gasteiger charge is -2.35. The summed E-state index contributed by atoms with van der Waals surface area (Å²) in [7, 11) is -2.96. The minimum Gasteiger partial charge on any atom is -0.330 e. The van der Waals surface area contributed by atoms with Crippen LogP contribution in [0.2, 0.25) is 0 Å². The van der Waals surface area contributed by atoms with E-state index in [-0.39, 0.29) is 24.5 Å². The zero-order chi connectivity index (χ0) is 11.5. The highest BCUT2D eigenvalue weighted by Gasteiger charge is 2.37. The average molecular weight is 236 g/mol. The molecule has 0 aromatic heterocycles. The van der Waals surface area contributed by atoms with Crippen LogP contribution in [0.1, 0.15) is 19.3 Å². The van der Waals surface area contributed by atoms with Gasteiger partial charge < -0.3 is 5.73 Å². The van der Waals surface area contributed by atoms with Gasteiger partial charge in [-0.3, -0.25) is 10.0 Å². The quantitative estimate of drug-likeness (QED) is 0.431. The Morgan fingerprint density at radius 3 is 2.33 bits per heavy atom. The fraction of sp³-hybridized carbons (Fsp3) is 0.875. The fourth-order valence-electron chi connectivity index (χ4n) is 1.80. The summed E-state index contributed by atoms with van der Waals surface area (Å²) in [4.78, 5) is 11.0. The standard InChI is InChI=1S/C8H16N2O4S/c9-6-8(5-7(11)10-12)1-3-15(13,14)4-2-8/h12H,1-6,9H2,(H,10,11). The average Bonchev–Trinajstić information content (AvgIpc) is 2.22. The first-order chi connectivity index (χ1) is 6.93. The van der Waals surface area contributed by atoms with Crippen LogP contribution >= 0.6 is 0 Å². The van der Waals surface area contributed by atoms with Gasteiger partial charge in [-0.25, -0.2) is 13.9 Å². The van der Waals surface area contributed by atoms with Crippen molar-refractivity contribution in [2.75, 3.05) is 18.1 Å². The highest BCUT2D eigenvalue weighted by atomic mass is 32.2. The van der Waals surface area contributed by atoms with Gasteiger partial charge in [0.05, 0.1) is 11.5 Å². The van der Waals surface area contributed by atoms with Gasteiger partial charge in [0.1, 0.15) is 9.84 Å². The topological polar surface area (TPSA) is 109 Å². The first-order valence-electron chi connectivity index (χ1n) is 4.76. The van der Waals surface area contributed by atoms with E-state index >= 15 is 0 Å². The van der Waals surface area contributed by atoms with Crippen molar-refractivity contribution in [3.05, 3.63) is 0 Å². The summed E-state index contributed by atoms with van der Waals surface area (Å²) in [5.74, 6) is -0.369. The van der Waals surface area contributed by atoms with Gasteiger partial charge in [0.2, 0.25) is 5.91 Å². The molecule has 1 aliphatic heterocycles. The van der Waals surface area contributed by atoms with Crippen LogP contribution < -0.4 is 11.2 Å². The Morgan fingerprint density at radius 1 is 1.40 bits per heavy atom. The Balaban J connectivity index is 2.68.